The van der Waals surface area contributed by atoms with Crippen LogP contribution in [0.4, 0.5) is 0 Å². The molecule has 17 heavy (non-hydrogen) atoms. The molecule has 0 aliphatic heterocycles. The van der Waals surface area contributed by atoms with Crippen LogP contribution < -0.4 is 5.73 Å². The van der Waals surface area contributed by atoms with Gasteiger partial charge in [-0.15, -0.1) is 0 Å². The molecule has 0 aromatic heterocycles. The first-order valence-electron chi connectivity index (χ1n) is 6.24. The largest absolute Gasteiger partial charge is 0.330 e. The van der Waals surface area contributed by atoms with Gasteiger partial charge in [0.25, 0.3) is 0 Å². The van der Waals surface area contributed by atoms with Crippen LogP contribution in [0.2, 0.25) is 0 Å². The zero-order valence-corrected chi connectivity index (χ0v) is 9.84. The van der Waals surface area contributed by atoms with Gasteiger partial charge in [-0.05, 0) is 41.5 Å². The lowest BCUT2D eigenvalue weighted by Gasteiger charge is -2.09. The molecule has 2 aromatic carbocycles. The first-order chi connectivity index (χ1) is 8.40. The molecule has 0 spiro atoms. The maximum atomic E-state index is 5.75. The average molecular weight is 223 g/mol. The molecule has 1 nitrogen and oxygen atoms in total. The molecule has 2 N–H and O–H groups in total. The summed E-state index contributed by atoms with van der Waals surface area (Å²) < 4.78 is 0. The second kappa shape index (κ2) is 4.34. The van der Waals surface area contributed by atoms with Crippen LogP contribution in [-0.4, -0.2) is 6.54 Å². The van der Waals surface area contributed by atoms with Crippen LogP contribution in [0, 0.1) is 5.92 Å². The summed E-state index contributed by atoms with van der Waals surface area (Å²) in [5.74, 6) is 1.37. The Kier molecular flexibility index (Phi) is 2.69. The molecule has 1 saturated carbocycles. The molecule has 0 unspecified atom stereocenters. The van der Waals surface area contributed by atoms with Crippen molar-refractivity contribution < 1.29 is 0 Å². The van der Waals surface area contributed by atoms with E-state index in [9.17, 15) is 0 Å². The Bertz CT molecular complexity index is 504. The van der Waals surface area contributed by atoms with Crippen molar-refractivity contribution in [2.75, 3.05) is 6.54 Å². The number of rotatable bonds is 3. The van der Waals surface area contributed by atoms with Crippen LogP contribution in [0.3, 0.4) is 0 Å². The molecule has 1 aliphatic carbocycles. The van der Waals surface area contributed by atoms with Crippen LogP contribution in [0.25, 0.3) is 11.1 Å². The van der Waals surface area contributed by atoms with Gasteiger partial charge in [0.15, 0.2) is 0 Å². The third kappa shape index (κ3) is 1.98. The normalized spacial score (nSPS) is 22.4. The minimum atomic E-state index is 0.677. The number of hydrogen-bond donors (Lipinski definition) is 1. The summed E-state index contributed by atoms with van der Waals surface area (Å²) in [5, 5.41) is 0. The summed E-state index contributed by atoms with van der Waals surface area (Å²) in [5.41, 5.74) is 9.90. The van der Waals surface area contributed by atoms with Crippen LogP contribution in [-0.2, 0) is 0 Å². The Hall–Kier alpha value is -1.60. The zero-order chi connectivity index (χ0) is 11.7. The Balaban J connectivity index is 2.00. The maximum absolute atomic E-state index is 5.75. The van der Waals surface area contributed by atoms with E-state index in [0.717, 1.165) is 6.54 Å². The van der Waals surface area contributed by atoms with E-state index in [0.29, 0.717) is 11.8 Å². The fourth-order valence-corrected chi connectivity index (χ4v) is 2.59. The van der Waals surface area contributed by atoms with Crippen molar-refractivity contribution in [1.29, 1.82) is 0 Å². The van der Waals surface area contributed by atoms with Crippen molar-refractivity contribution in [2.24, 2.45) is 11.7 Å². The third-order valence-corrected chi connectivity index (χ3v) is 3.67. The smallest absolute Gasteiger partial charge is 0.00428 e. The number of benzene rings is 2. The highest BCUT2D eigenvalue weighted by molar-refractivity contribution is 5.68. The van der Waals surface area contributed by atoms with Gasteiger partial charge in [0.05, 0.1) is 0 Å². The van der Waals surface area contributed by atoms with Crippen molar-refractivity contribution in [1.82, 2.24) is 0 Å². The quantitative estimate of drug-likeness (QED) is 0.847. The van der Waals surface area contributed by atoms with Gasteiger partial charge in [0, 0.05) is 0 Å². The molecule has 3 rings (SSSR count). The van der Waals surface area contributed by atoms with Gasteiger partial charge in [-0.1, -0.05) is 54.6 Å². The second-order valence-electron chi connectivity index (χ2n) is 4.79. The summed E-state index contributed by atoms with van der Waals surface area (Å²) >= 11 is 0. The lowest BCUT2D eigenvalue weighted by molar-refractivity contribution is 0.810. The molecular weight excluding hydrogens is 206 g/mol. The highest BCUT2D eigenvalue weighted by Crippen LogP contribution is 2.49. The summed E-state index contributed by atoms with van der Waals surface area (Å²) in [6.07, 6.45) is 1.25. The first kappa shape index (κ1) is 10.5. The van der Waals surface area contributed by atoms with Gasteiger partial charge in [-0.25, -0.2) is 0 Å². The topological polar surface area (TPSA) is 26.0 Å². The lowest BCUT2D eigenvalue weighted by Crippen LogP contribution is -2.02. The Labute approximate surface area is 102 Å². The predicted molar refractivity (Wildman–Crippen MR) is 71.8 cm³/mol. The van der Waals surface area contributed by atoms with Crippen LogP contribution in [0.15, 0.2) is 54.6 Å². The van der Waals surface area contributed by atoms with E-state index >= 15 is 0 Å². The third-order valence-electron chi connectivity index (χ3n) is 3.67. The van der Waals surface area contributed by atoms with Gasteiger partial charge in [-0.3, -0.25) is 0 Å². The van der Waals surface area contributed by atoms with E-state index in [1.165, 1.54) is 23.1 Å². The molecular formula is C16H17N. The molecule has 1 fully saturated rings. The minimum Gasteiger partial charge on any atom is -0.330 e. The van der Waals surface area contributed by atoms with E-state index in [-0.39, 0.29) is 0 Å². The van der Waals surface area contributed by atoms with Gasteiger partial charge < -0.3 is 5.73 Å². The molecule has 0 radical (unpaired) electrons. The summed E-state index contributed by atoms with van der Waals surface area (Å²) in [4.78, 5) is 0. The standard InChI is InChI=1S/C16H17N/c17-11-13-10-16(13)15-9-5-4-8-14(15)12-6-2-1-3-7-12/h1-9,13,16H,10-11,17H2/t13-,16+/m0/s1. The molecule has 0 bridgehead atoms. The lowest BCUT2D eigenvalue weighted by atomic mass is 9.96. The fourth-order valence-electron chi connectivity index (χ4n) is 2.59. The predicted octanol–water partition coefficient (Wildman–Crippen LogP) is 3.42. The first-order valence-corrected chi connectivity index (χ1v) is 6.24. The van der Waals surface area contributed by atoms with E-state index in [1.54, 1.807) is 0 Å². The molecule has 0 heterocycles. The highest BCUT2D eigenvalue weighted by atomic mass is 14.6. The monoisotopic (exact) mass is 223 g/mol. The minimum absolute atomic E-state index is 0.677. The molecule has 0 saturated heterocycles. The van der Waals surface area contributed by atoms with Crippen LogP contribution >= 0.6 is 0 Å². The molecule has 0 amide bonds. The molecule has 1 heteroatoms. The maximum Gasteiger partial charge on any atom is -0.00428 e. The molecule has 1 aliphatic rings. The van der Waals surface area contributed by atoms with Crippen molar-refractivity contribution >= 4 is 0 Å². The Morgan fingerprint density at radius 1 is 0.941 bits per heavy atom. The van der Waals surface area contributed by atoms with Crippen molar-refractivity contribution in [3.8, 4) is 11.1 Å². The van der Waals surface area contributed by atoms with Gasteiger partial charge in [0.2, 0.25) is 0 Å². The van der Waals surface area contributed by atoms with Crippen molar-refractivity contribution in [3.63, 3.8) is 0 Å². The SMILES string of the molecule is NC[C@@H]1C[C@H]1c1ccccc1-c1ccccc1. The van der Waals surface area contributed by atoms with E-state index in [1.807, 2.05) is 0 Å². The molecule has 86 valence electrons. The van der Waals surface area contributed by atoms with E-state index in [2.05, 4.69) is 54.6 Å². The van der Waals surface area contributed by atoms with Crippen LogP contribution in [0.1, 0.15) is 17.9 Å². The zero-order valence-electron chi connectivity index (χ0n) is 9.84. The summed E-state index contributed by atoms with van der Waals surface area (Å²) in [6, 6.07) is 19.3. The van der Waals surface area contributed by atoms with Crippen molar-refractivity contribution in [3.05, 3.63) is 60.2 Å². The Morgan fingerprint density at radius 2 is 1.65 bits per heavy atom. The number of nitrogens with two attached hydrogens (primary N) is 1. The van der Waals surface area contributed by atoms with Gasteiger partial charge in [0.1, 0.15) is 0 Å². The van der Waals surface area contributed by atoms with Crippen LogP contribution in [0.5, 0.6) is 0 Å². The van der Waals surface area contributed by atoms with E-state index < -0.39 is 0 Å². The average Bonchev–Trinajstić information content (AvgIpc) is 3.19. The fraction of sp³-hybridized carbons (Fsp3) is 0.250. The van der Waals surface area contributed by atoms with E-state index in [4.69, 9.17) is 5.73 Å². The second-order valence-corrected chi connectivity index (χ2v) is 4.79. The summed E-state index contributed by atoms with van der Waals surface area (Å²) in [7, 11) is 0. The Morgan fingerprint density at radius 3 is 2.35 bits per heavy atom. The molecule has 2 atom stereocenters. The summed E-state index contributed by atoms with van der Waals surface area (Å²) in [6.45, 7) is 0.813. The van der Waals surface area contributed by atoms with Gasteiger partial charge in [-0.2, -0.15) is 0 Å². The highest BCUT2D eigenvalue weighted by Gasteiger charge is 2.38. The number of hydrogen-bond acceptors (Lipinski definition) is 1. The molecule has 2 aromatic rings. The van der Waals surface area contributed by atoms with Gasteiger partial charge >= 0.3 is 0 Å². The van der Waals surface area contributed by atoms with Crippen molar-refractivity contribution in [2.45, 2.75) is 12.3 Å².